The average molecular weight is 199 g/mol. The molecular formula is C8H9NO3S. The average Bonchev–Trinajstić information content (AvgIpc) is 2.52. The van der Waals surface area contributed by atoms with E-state index < -0.39 is 0 Å². The number of carbonyl (C=O) groups is 1. The molecule has 2 rings (SSSR count). The van der Waals surface area contributed by atoms with Crippen LogP contribution in [-0.2, 0) is 15.1 Å². The molecule has 1 aliphatic rings. The molecule has 1 saturated heterocycles. The van der Waals surface area contributed by atoms with E-state index in [4.69, 9.17) is 9.47 Å². The topological polar surface area (TPSA) is 48.4 Å². The monoisotopic (exact) mass is 199 g/mol. The molecule has 2 heterocycles. The molecule has 0 spiro atoms. The van der Waals surface area contributed by atoms with Gasteiger partial charge in [0.15, 0.2) is 11.3 Å². The number of ether oxygens (including phenoxy) is 2. The lowest BCUT2D eigenvalue weighted by molar-refractivity contribution is -0.200. The van der Waals surface area contributed by atoms with Crippen molar-refractivity contribution in [3.05, 3.63) is 16.1 Å². The number of methoxy groups -OCH3 is 1. The predicted octanol–water partition coefficient (Wildman–Crippen LogP) is 0.828. The summed E-state index contributed by atoms with van der Waals surface area (Å²) < 4.78 is 10.4. The summed E-state index contributed by atoms with van der Waals surface area (Å²) in [5.41, 5.74) is -0.348. The number of aldehydes is 1. The van der Waals surface area contributed by atoms with Crippen LogP contribution in [0.5, 0.6) is 0 Å². The first kappa shape index (κ1) is 8.80. The van der Waals surface area contributed by atoms with Crippen molar-refractivity contribution in [2.75, 3.05) is 20.3 Å². The summed E-state index contributed by atoms with van der Waals surface area (Å²) in [6, 6.07) is 0. The number of thiazole rings is 1. The summed E-state index contributed by atoms with van der Waals surface area (Å²) in [4.78, 5) is 15.3. The predicted molar refractivity (Wildman–Crippen MR) is 47.0 cm³/mol. The summed E-state index contributed by atoms with van der Waals surface area (Å²) in [7, 11) is 1.64. The first-order chi connectivity index (χ1) is 6.30. The van der Waals surface area contributed by atoms with Gasteiger partial charge in [-0.3, -0.25) is 4.79 Å². The Balaban J connectivity index is 2.27. The fourth-order valence-corrected chi connectivity index (χ4v) is 2.07. The fourth-order valence-electron chi connectivity index (χ4n) is 1.20. The quantitative estimate of drug-likeness (QED) is 0.676. The Labute approximate surface area is 79.5 Å². The normalized spacial score (nSPS) is 19.5. The Morgan fingerprint density at radius 1 is 1.77 bits per heavy atom. The highest BCUT2D eigenvalue weighted by atomic mass is 32.1. The Kier molecular flexibility index (Phi) is 2.15. The number of hydrogen-bond donors (Lipinski definition) is 0. The molecule has 0 atom stereocenters. The van der Waals surface area contributed by atoms with Crippen LogP contribution < -0.4 is 0 Å². The van der Waals surface area contributed by atoms with E-state index >= 15 is 0 Å². The highest BCUT2D eigenvalue weighted by Gasteiger charge is 2.42. The molecule has 0 saturated carbocycles. The molecule has 70 valence electrons. The number of aromatic nitrogens is 1. The number of rotatable bonds is 3. The second-order valence-electron chi connectivity index (χ2n) is 2.87. The molecular weight excluding hydrogens is 190 g/mol. The second kappa shape index (κ2) is 3.17. The third-order valence-electron chi connectivity index (χ3n) is 2.13. The SMILES string of the molecule is COC1(c2cnc(C=O)s2)COC1. The summed E-state index contributed by atoms with van der Waals surface area (Å²) in [5, 5.41) is 0.485. The van der Waals surface area contributed by atoms with E-state index in [1.54, 1.807) is 13.3 Å². The molecule has 1 aliphatic heterocycles. The lowest BCUT2D eigenvalue weighted by Crippen LogP contribution is -2.47. The van der Waals surface area contributed by atoms with Gasteiger partial charge in [-0.15, -0.1) is 11.3 Å². The van der Waals surface area contributed by atoms with Crippen molar-refractivity contribution in [2.24, 2.45) is 0 Å². The molecule has 4 nitrogen and oxygen atoms in total. The van der Waals surface area contributed by atoms with Gasteiger partial charge in [0.25, 0.3) is 0 Å². The lowest BCUT2D eigenvalue weighted by atomic mass is 10.0. The molecule has 5 heteroatoms. The van der Waals surface area contributed by atoms with Crippen LogP contribution in [0.2, 0.25) is 0 Å². The smallest absolute Gasteiger partial charge is 0.178 e. The van der Waals surface area contributed by atoms with E-state index in [0.29, 0.717) is 18.2 Å². The van der Waals surface area contributed by atoms with Gasteiger partial charge < -0.3 is 9.47 Å². The van der Waals surface area contributed by atoms with Gasteiger partial charge in [0.05, 0.1) is 18.1 Å². The molecule has 0 aromatic carbocycles. The standard InChI is InChI=1S/C8H9NO3S/c1-11-8(4-12-5-8)6-2-9-7(3-10)13-6/h2-3H,4-5H2,1H3. The maximum absolute atomic E-state index is 10.4. The van der Waals surface area contributed by atoms with Crippen molar-refractivity contribution < 1.29 is 14.3 Å². The van der Waals surface area contributed by atoms with E-state index in [2.05, 4.69) is 4.98 Å². The Bertz CT molecular complexity index is 313. The van der Waals surface area contributed by atoms with Crippen LogP contribution >= 0.6 is 11.3 Å². The van der Waals surface area contributed by atoms with E-state index in [9.17, 15) is 4.79 Å². The maximum Gasteiger partial charge on any atom is 0.178 e. The molecule has 1 aromatic heterocycles. The first-order valence-corrected chi connectivity index (χ1v) is 4.67. The zero-order chi connectivity index (χ0) is 9.31. The summed E-state index contributed by atoms with van der Waals surface area (Å²) in [5.74, 6) is 0. The van der Waals surface area contributed by atoms with Crippen LogP contribution in [0.3, 0.4) is 0 Å². The van der Waals surface area contributed by atoms with Gasteiger partial charge in [-0.05, 0) is 0 Å². The Hall–Kier alpha value is -0.780. The van der Waals surface area contributed by atoms with Gasteiger partial charge in [-0.1, -0.05) is 0 Å². The van der Waals surface area contributed by atoms with Crippen molar-refractivity contribution in [1.29, 1.82) is 0 Å². The first-order valence-electron chi connectivity index (χ1n) is 3.85. The summed E-state index contributed by atoms with van der Waals surface area (Å²) >= 11 is 1.36. The zero-order valence-corrected chi connectivity index (χ0v) is 7.97. The van der Waals surface area contributed by atoms with Crippen LogP contribution in [-0.4, -0.2) is 31.6 Å². The zero-order valence-electron chi connectivity index (χ0n) is 7.15. The van der Waals surface area contributed by atoms with E-state index in [-0.39, 0.29) is 5.60 Å². The number of carbonyl (C=O) groups excluding carboxylic acids is 1. The van der Waals surface area contributed by atoms with Crippen LogP contribution in [0.25, 0.3) is 0 Å². The third-order valence-corrected chi connectivity index (χ3v) is 3.24. The van der Waals surface area contributed by atoms with Crippen LogP contribution in [0, 0.1) is 0 Å². The third kappa shape index (κ3) is 1.29. The van der Waals surface area contributed by atoms with Crippen molar-refractivity contribution in [2.45, 2.75) is 5.60 Å². The molecule has 0 unspecified atom stereocenters. The maximum atomic E-state index is 10.4. The number of nitrogens with zero attached hydrogens (tertiary/aromatic N) is 1. The van der Waals surface area contributed by atoms with Crippen LogP contribution in [0.1, 0.15) is 14.7 Å². The minimum Gasteiger partial charge on any atom is -0.374 e. The number of hydrogen-bond acceptors (Lipinski definition) is 5. The lowest BCUT2D eigenvalue weighted by Gasteiger charge is -2.38. The Morgan fingerprint density at radius 2 is 2.54 bits per heavy atom. The van der Waals surface area contributed by atoms with E-state index in [1.807, 2.05) is 0 Å². The van der Waals surface area contributed by atoms with Gasteiger partial charge in [-0.2, -0.15) is 0 Å². The minimum absolute atomic E-state index is 0.348. The van der Waals surface area contributed by atoms with E-state index in [0.717, 1.165) is 11.2 Å². The van der Waals surface area contributed by atoms with Crippen LogP contribution in [0.4, 0.5) is 0 Å². The van der Waals surface area contributed by atoms with Crippen molar-refractivity contribution in [3.8, 4) is 0 Å². The molecule has 0 N–H and O–H groups in total. The Morgan fingerprint density at radius 3 is 2.92 bits per heavy atom. The molecule has 0 amide bonds. The van der Waals surface area contributed by atoms with Gasteiger partial charge in [0.2, 0.25) is 0 Å². The largest absolute Gasteiger partial charge is 0.374 e. The molecule has 0 bridgehead atoms. The van der Waals surface area contributed by atoms with Crippen molar-refractivity contribution in [1.82, 2.24) is 4.98 Å². The van der Waals surface area contributed by atoms with E-state index in [1.165, 1.54) is 11.3 Å². The minimum atomic E-state index is -0.348. The second-order valence-corrected chi connectivity index (χ2v) is 3.93. The van der Waals surface area contributed by atoms with Gasteiger partial charge in [0.1, 0.15) is 5.60 Å². The molecule has 0 radical (unpaired) electrons. The van der Waals surface area contributed by atoms with Gasteiger partial charge in [0, 0.05) is 13.3 Å². The van der Waals surface area contributed by atoms with Crippen molar-refractivity contribution in [3.63, 3.8) is 0 Å². The molecule has 0 aliphatic carbocycles. The highest BCUT2D eigenvalue weighted by molar-refractivity contribution is 7.13. The summed E-state index contributed by atoms with van der Waals surface area (Å²) in [6.07, 6.45) is 2.43. The summed E-state index contributed by atoms with van der Waals surface area (Å²) in [6.45, 7) is 1.09. The molecule has 13 heavy (non-hydrogen) atoms. The highest BCUT2D eigenvalue weighted by Crippen LogP contribution is 2.35. The van der Waals surface area contributed by atoms with Crippen LogP contribution in [0.15, 0.2) is 6.20 Å². The van der Waals surface area contributed by atoms with Gasteiger partial charge in [-0.25, -0.2) is 4.98 Å². The van der Waals surface area contributed by atoms with Crippen molar-refractivity contribution >= 4 is 17.6 Å². The van der Waals surface area contributed by atoms with Gasteiger partial charge >= 0.3 is 0 Å². The molecule has 1 fully saturated rings. The fraction of sp³-hybridized carbons (Fsp3) is 0.500. The molecule has 1 aromatic rings.